The van der Waals surface area contributed by atoms with Gasteiger partial charge in [-0.2, -0.15) is 5.26 Å². The van der Waals surface area contributed by atoms with Gasteiger partial charge in [0, 0.05) is 0 Å². The van der Waals surface area contributed by atoms with Crippen molar-refractivity contribution in [3.8, 4) is 6.07 Å². The van der Waals surface area contributed by atoms with Gasteiger partial charge in [0.2, 0.25) is 0 Å². The molecule has 96 valence electrons. The molecule has 0 aliphatic heterocycles. The lowest BCUT2D eigenvalue weighted by Crippen LogP contribution is -2.48. The zero-order chi connectivity index (χ0) is 12.5. The number of aliphatic hydroxyl groups is 1. The van der Waals surface area contributed by atoms with E-state index >= 15 is 0 Å². The third kappa shape index (κ3) is 2.10. The van der Waals surface area contributed by atoms with E-state index in [1.54, 1.807) is 0 Å². The van der Waals surface area contributed by atoms with E-state index in [0.717, 1.165) is 44.9 Å². The average Bonchev–Trinajstić information content (AvgIpc) is 2.70. The minimum Gasteiger partial charge on any atom is -0.388 e. The van der Waals surface area contributed by atoms with Crippen molar-refractivity contribution in [1.29, 1.82) is 5.26 Å². The summed E-state index contributed by atoms with van der Waals surface area (Å²) in [7, 11) is 0. The molecule has 0 bridgehead atoms. The normalized spacial score (nSPS) is 46.7. The first-order chi connectivity index (χ1) is 8.05. The molecule has 2 aliphatic carbocycles. The van der Waals surface area contributed by atoms with Crippen LogP contribution in [0, 0.1) is 28.6 Å². The molecule has 2 rings (SSSR count). The summed E-state index contributed by atoms with van der Waals surface area (Å²) >= 11 is 0. The maximum atomic E-state index is 10.9. The van der Waals surface area contributed by atoms with Crippen molar-refractivity contribution in [2.45, 2.75) is 70.8 Å². The zero-order valence-electron chi connectivity index (χ0n) is 11.2. The molecule has 2 heteroatoms. The quantitative estimate of drug-likeness (QED) is 0.794. The number of hydrogen-bond donors (Lipinski definition) is 1. The molecule has 0 spiro atoms. The Hall–Kier alpha value is -0.550. The molecule has 0 heterocycles. The molecule has 0 radical (unpaired) electrons. The fraction of sp³-hybridized carbons (Fsp3) is 0.933. The lowest BCUT2D eigenvalue weighted by molar-refractivity contribution is -0.0789. The van der Waals surface area contributed by atoms with Crippen molar-refractivity contribution in [2.75, 3.05) is 0 Å². The van der Waals surface area contributed by atoms with Gasteiger partial charge in [0.05, 0.1) is 17.1 Å². The highest BCUT2D eigenvalue weighted by atomic mass is 16.3. The highest BCUT2D eigenvalue weighted by Crippen LogP contribution is 2.54. The highest BCUT2D eigenvalue weighted by Gasteiger charge is 2.54. The Morgan fingerprint density at radius 1 is 1.29 bits per heavy atom. The molecule has 1 N–H and O–H groups in total. The van der Waals surface area contributed by atoms with Crippen molar-refractivity contribution >= 4 is 0 Å². The maximum Gasteiger partial charge on any atom is 0.0863 e. The van der Waals surface area contributed by atoms with Crippen molar-refractivity contribution in [1.82, 2.24) is 0 Å². The van der Waals surface area contributed by atoms with Crippen LogP contribution in [0.2, 0.25) is 0 Å². The van der Waals surface area contributed by atoms with Crippen LogP contribution in [0.1, 0.15) is 65.2 Å². The first-order valence-electron chi connectivity index (χ1n) is 7.19. The number of nitriles is 1. The summed E-state index contributed by atoms with van der Waals surface area (Å²) in [6, 6.07) is 2.53. The summed E-state index contributed by atoms with van der Waals surface area (Å²) in [5.74, 6) is 1.22. The summed E-state index contributed by atoms with van der Waals surface area (Å²) in [6.45, 7) is 4.41. The van der Waals surface area contributed by atoms with E-state index in [1.807, 2.05) is 0 Å². The third-order valence-electron chi connectivity index (χ3n) is 5.27. The molecule has 0 saturated heterocycles. The second kappa shape index (κ2) is 4.61. The lowest BCUT2D eigenvalue weighted by atomic mass is 9.60. The van der Waals surface area contributed by atoms with E-state index in [0.29, 0.717) is 11.8 Å². The van der Waals surface area contributed by atoms with Gasteiger partial charge in [-0.05, 0) is 43.9 Å². The van der Waals surface area contributed by atoms with Crippen LogP contribution < -0.4 is 0 Å². The van der Waals surface area contributed by atoms with Gasteiger partial charge in [0.1, 0.15) is 0 Å². The molecule has 2 fully saturated rings. The van der Waals surface area contributed by atoms with Gasteiger partial charge in [-0.3, -0.25) is 0 Å². The van der Waals surface area contributed by atoms with Gasteiger partial charge in [0.25, 0.3) is 0 Å². The van der Waals surface area contributed by atoms with Crippen molar-refractivity contribution in [2.24, 2.45) is 17.3 Å². The Kier molecular flexibility index (Phi) is 3.50. The number of nitrogens with zero attached hydrogens (tertiary/aromatic N) is 1. The van der Waals surface area contributed by atoms with Crippen LogP contribution in [-0.2, 0) is 0 Å². The fourth-order valence-corrected chi connectivity index (χ4v) is 4.07. The van der Waals surface area contributed by atoms with Crippen molar-refractivity contribution < 1.29 is 5.11 Å². The lowest BCUT2D eigenvalue weighted by Gasteiger charge is -2.45. The molecule has 4 unspecified atom stereocenters. The monoisotopic (exact) mass is 235 g/mol. The summed E-state index contributed by atoms with van der Waals surface area (Å²) < 4.78 is 0. The molecule has 17 heavy (non-hydrogen) atoms. The first-order valence-corrected chi connectivity index (χ1v) is 7.19. The second-order valence-corrected chi connectivity index (χ2v) is 6.44. The second-order valence-electron chi connectivity index (χ2n) is 6.44. The molecule has 2 aliphatic rings. The van der Waals surface area contributed by atoms with Crippen LogP contribution in [-0.4, -0.2) is 10.7 Å². The Bertz CT molecular complexity index is 321. The molecule has 0 amide bonds. The maximum absolute atomic E-state index is 10.9. The topological polar surface area (TPSA) is 44.0 Å². The fourth-order valence-electron chi connectivity index (χ4n) is 4.07. The molecule has 4 atom stereocenters. The van der Waals surface area contributed by atoms with E-state index < -0.39 is 11.0 Å². The first kappa shape index (κ1) is 12.9. The Morgan fingerprint density at radius 2 is 2.06 bits per heavy atom. The van der Waals surface area contributed by atoms with E-state index in [9.17, 15) is 10.4 Å². The van der Waals surface area contributed by atoms with E-state index in [1.165, 1.54) is 6.42 Å². The standard InChI is InChI=1S/C15H25NO/c1-3-13-5-4-7-14(10-13,11-16)15(17)8-6-12(2)9-15/h12-13,17H,3-10H2,1-2H3. The largest absolute Gasteiger partial charge is 0.388 e. The van der Waals surface area contributed by atoms with Crippen LogP contribution in [0.4, 0.5) is 0 Å². The van der Waals surface area contributed by atoms with Crippen molar-refractivity contribution in [3.05, 3.63) is 0 Å². The Labute approximate surface area is 105 Å². The zero-order valence-corrected chi connectivity index (χ0v) is 11.2. The smallest absolute Gasteiger partial charge is 0.0863 e. The van der Waals surface area contributed by atoms with Crippen LogP contribution >= 0.6 is 0 Å². The van der Waals surface area contributed by atoms with Gasteiger partial charge in [-0.1, -0.05) is 33.1 Å². The summed E-state index contributed by atoms with van der Waals surface area (Å²) in [4.78, 5) is 0. The van der Waals surface area contributed by atoms with Gasteiger partial charge in [-0.25, -0.2) is 0 Å². The van der Waals surface area contributed by atoms with Crippen molar-refractivity contribution in [3.63, 3.8) is 0 Å². The van der Waals surface area contributed by atoms with Crippen LogP contribution in [0.5, 0.6) is 0 Å². The van der Waals surface area contributed by atoms with E-state index in [-0.39, 0.29) is 0 Å². The number of hydrogen-bond acceptors (Lipinski definition) is 2. The summed E-state index contributed by atoms with van der Waals surface area (Å²) in [5, 5.41) is 20.6. The third-order valence-corrected chi connectivity index (χ3v) is 5.27. The average molecular weight is 235 g/mol. The van der Waals surface area contributed by atoms with Gasteiger partial charge in [-0.15, -0.1) is 0 Å². The van der Waals surface area contributed by atoms with E-state index in [4.69, 9.17) is 0 Å². The predicted molar refractivity (Wildman–Crippen MR) is 68.3 cm³/mol. The SMILES string of the molecule is CCC1CCCC(C#N)(C2(O)CCC(C)C2)C1. The van der Waals surface area contributed by atoms with Crippen LogP contribution in [0.3, 0.4) is 0 Å². The highest BCUT2D eigenvalue weighted by molar-refractivity contribution is 5.15. The molecule has 0 aromatic carbocycles. The van der Waals surface area contributed by atoms with Crippen LogP contribution in [0.25, 0.3) is 0 Å². The number of rotatable bonds is 2. The summed E-state index contributed by atoms with van der Waals surface area (Å²) in [6.07, 6.45) is 8.07. The Morgan fingerprint density at radius 3 is 2.59 bits per heavy atom. The molecule has 2 saturated carbocycles. The molecule has 0 aromatic rings. The van der Waals surface area contributed by atoms with Crippen LogP contribution in [0.15, 0.2) is 0 Å². The molecule has 2 nitrogen and oxygen atoms in total. The molecule has 0 aromatic heterocycles. The predicted octanol–water partition coefficient (Wildman–Crippen LogP) is 3.65. The van der Waals surface area contributed by atoms with Gasteiger partial charge < -0.3 is 5.11 Å². The van der Waals surface area contributed by atoms with Gasteiger partial charge in [0.15, 0.2) is 0 Å². The molecular weight excluding hydrogens is 210 g/mol. The summed E-state index contributed by atoms with van der Waals surface area (Å²) in [5.41, 5.74) is -1.15. The Balaban J connectivity index is 2.22. The minimum absolute atomic E-state index is 0.448. The van der Waals surface area contributed by atoms with Gasteiger partial charge >= 0.3 is 0 Å². The van der Waals surface area contributed by atoms with E-state index in [2.05, 4.69) is 19.9 Å². The minimum atomic E-state index is -0.699. The molecular formula is C15H25NO.